The Kier molecular flexibility index (Phi) is 16.0. The number of rotatable bonds is 16. The summed E-state index contributed by atoms with van der Waals surface area (Å²) in [5, 5.41) is 0. The van der Waals surface area contributed by atoms with Gasteiger partial charge in [-0.1, -0.05) is 215 Å². The van der Waals surface area contributed by atoms with Crippen LogP contribution >= 0.6 is 0 Å². The van der Waals surface area contributed by atoms with Crippen LogP contribution in [0.1, 0.15) is 27.7 Å². The zero-order valence-corrected chi connectivity index (χ0v) is 49.7. The van der Waals surface area contributed by atoms with Crippen molar-refractivity contribution in [2.24, 2.45) is 0 Å². The summed E-state index contributed by atoms with van der Waals surface area (Å²) < 4.78 is 0. The molecule has 0 amide bonds. The van der Waals surface area contributed by atoms with Gasteiger partial charge in [-0.15, -0.1) is 7.59 Å². The molecule has 0 rings (SSSR count). The van der Waals surface area contributed by atoms with Crippen LogP contribution in [0.25, 0.3) is 0 Å². The first-order valence-corrected chi connectivity index (χ1v) is 57.9. The van der Waals surface area contributed by atoms with E-state index in [-0.39, 0.29) is 0 Å². The summed E-state index contributed by atoms with van der Waals surface area (Å²) in [7, 11) is -12.9. The molecule has 0 saturated carbocycles. The maximum atomic E-state index is 2.86. The Morgan fingerprint density at radius 3 is 0.630 bits per heavy atom. The molecule has 46 heavy (non-hydrogen) atoms. The van der Waals surface area contributed by atoms with E-state index in [0.29, 0.717) is 8.13 Å². The summed E-state index contributed by atoms with van der Waals surface area (Å²) in [5.74, 6) is 0. The van der Waals surface area contributed by atoms with Crippen LogP contribution in [0, 0.1) is 0 Å². The molecule has 0 fully saturated rings. The maximum absolute atomic E-state index is 2.86. The van der Waals surface area contributed by atoms with Crippen LogP contribution in [0.3, 0.4) is 0 Å². The Bertz CT molecular complexity index is 806. The molecule has 0 aromatic rings. The van der Waals surface area contributed by atoms with Gasteiger partial charge in [-0.3, -0.25) is 0 Å². The molecule has 0 nitrogen and oxygen atoms in total. The Labute approximate surface area is 308 Å². The molecule has 0 spiro atoms. The molecule has 0 aliphatic rings. The van der Waals surface area contributed by atoms with E-state index in [4.69, 9.17) is 0 Å². The third-order valence-electron chi connectivity index (χ3n) is 11.4. The summed E-state index contributed by atoms with van der Waals surface area (Å²) in [6.45, 7) is 80.0. The molecule has 0 radical (unpaired) electrons. The van der Waals surface area contributed by atoms with Gasteiger partial charge in [0, 0.05) is 72.2 Å². The first-order chi connectivity index (χ1) is 19.6. The van der Waals surface area contributed by atoms with Crippen LogP contribution in [0.4, 0.5) is 0 Å². The molecular formula is C34H91Si12-. The van der Waals surface area contributed by atoms with Crippen LogP contribution in [0.5, 0.6) is 0 Å². The Hall–Kier alpha value is 2.60. The normalized spacial score (nSPS) is 16.5. The lowest BCUT2D eigenvalue weighted by Crippen LogP contribution is -2.75. The highest BCUT2D eigenvalue weighted by Gasteiger charge is 2.61. The zero-order chi connectivity index (χ0) is 37.9. The van der Waals surface area contributed by atoms with Crippen molar-refractivity contribution in [3.8, 4) is 0 Å². The fourth-order valence-corrected chi connectivity index (χ4v) is 210. The lowest BCUT2D eigenvalue weighted by Gasteiger charge is -2.69. The predicted octanol–water partition coefficient (Wildman–Crippen LogP) is 13.3. The van der Waals surface area contributed by atoms with Crippen molar-refractivity contribution in [3.63, 3.8) is 0 Å². The highest BCUT2D eigenvalue weighted by molar-refractivity contribution is 7.56. The third-order valence-corrected chi connectivity index (χ3v) is 120. The van der Waals surface area contributed by atoms with Gasteiger partial charge in [0.15, 0.2) is 0 Å². The van der Waals surface area contributed by atoms with Gasteiger partial charge < -0.3 is 8.13 Å². The van der Waals surface area contributed by atoms with Crippen molar-refractivity contribution in [1.29, 1.82) is 0 Å². The molecule has 276 valence electrons. The SMILES string of the molecule is CC(C)[Si]([Si-]=[SiH][Si](C(C)C)(C([Si](C)(C)C)[Si](C)(C)C)C([Si](C)(C)C)[Si](C)(C)C)(C([Si](C)(C)C)[Si](C)(C)C)C([Si](C)(C)C)[Si](C)(C)C. The minimum atomic E-state index is -1.75. The Morgan fingerprint density at radius 2 is 0.500 bits per heavy atom. The lowest BCUT2D eigenvalue weighted by molar-refractivity contribution is 0.989. The van der Waals surface area contributed by atoms with Crippen LogP contribution in [0.2, 0.25) is 187 Å². The number of hydrogen-bond donors (Lipinski definition) is 0. The third kappa shape index (κ3) is 11.1. The van der Waals surface area contributed by atoms with Crippen LogP contribution in [0.15, 0.2) is 0 Å². The van der Waals surface area contributed by atoms with Crippen LogP contribution in [-0.4, -0.2) is 96.0 Å². The second-order valence-electron chi connectivity index (χ2n) is 25.2. The van der Waals surface area contributed by atoms with Gasteiger partial charge in [0.2, 0.25) is 0 Å². The molecule has 0 atom stereocenters. The lowest BCUT2D eigenvalue weighted by atomic mass is 10.6. The minimum Gasteiger partial charge on any atom is -0.464 e. The standard InChI is InChI=1S/C34H91Si12/c1-29(2)45(31(37(5,6)7)38(8,9)10,32(39(11,12)13)40(14,15)16)35-36-46(30(3)4,33(41(17,18)19)42(20,21)22)34(43(23,24)25)44(26,27)28/h29-35H,1-28H3/q-1. The predicted molar refractivity (Wildman–Crippen MR) is 256 cm³/mol. The van der Waals surface area contributed by atoms with E-state index in [2.05, 4.69) is 185 Å². The quantitative estimate of drug-likeness (QED) is 0.136. The van der Waals surface area contributed by atoms with E-state index in [1.807, 2.05) is 0 Å². The molecular weight excluding hydrogens is 745 g/mol. The second kappa shape index (κ2) is 15.2. The van der Waals surface area contributed by atoms with Crippen molar-refractivity contribution >= 4 is 96.0 Å². The van der Waals surface area contributed by atoms with Gasteiger partial charge >= 0.3 is 0 Å². The molecule has 0 aromatic carbocycles. The van der Waals surface area contributed by atoms with E-state index >= 15 is 0 Å². The van der Waals surface area contributed by atoms with E-state index in [9.17, 15) is 0 Å². The van der Waals surface area contributed by atoms with E-state index in [1.54, 1.807) is 0 Å². The average Bonchev–Trinajstić information content (AvgIpc) is 2.62. The minimum absolute atomic E-state index is 0.540. The summed E-state index contributed by atoms with van der Waals surface area (Å²) in [6.07, 6.45) is 0. The number of hydrogen-bond acceptors (Lipinski definition) is 0. The molecule has 0 aliphatic carbocycles. The smallest absolute Gasteiger partial charge is 0.0420 e. The first kappa shape index (κ1) is 48.6. The first-order valence-electron chi connectivity index (χ1n) is 19.2. The van der Waals surface area contributed by atoms with Crippen molar-refractivity contribution < 1.29 is 0 Å². The molecule has 0 N–H and O–H groups in total. The van der Waals surface area contributed by atoms with Gasteiger partial charge in [-0.25, -0.2) is 8.13 Å². The van der Waals surface area contributed by atoms with Crippen molar-refractivity contribution in [2.45, 2.75) is 215 Å². The zero-order valence-electron chi connectivity index (χ0n) is 37.5. The van der Waals surface area contributed by atoms with Crippen molar-refractivity contribution in [2.75, 3.05) is 0 Å². The Balaban J connectivity index is 9.35. The highest BCUT2D eigenvalue weighted by Crippen LogP contribution is 2.57. The van der Waals surface area contributed by atoms with E-state index in [0.717, 1.165) is 30.2 Å². The van der Waals surface area contributed by atoms with Crippen molar-refractivity contribution in [3.05, 3.63) is 0 Å². The fraction of sp³-hybridized carbons (Fsp3) is 1.00. The molecule has 0 aromatic heterocycles. The molecule has 0 heterocycles. The fourth-order valence-electron chi connectivity index (χ4n) is 13.6. The van der Waals surface area contributed by atoms with Gasteiger partial charge in [0.1, 0.15) is 0 Å². The van der Waals surface area contributed by atoms with Crippen molar-refractivity contribution in [1.82, 2.24) is 0 Å². The topological polar surface area (TPSA) is 0 Å². The van der Waals surface area contributed by atoms with Crippen LogP contribution in [-0.2, 0) is 0 Å². The van der Waals surface area contributed by atoms with Gasteiger partial charge in [0.05, 0.1) is 0 Å². The monoisotopic (exact) mass is 835 g/mol. The largest absolute Gasteiger partial charge is 0.464 e. The maximum Gasteiger partial charge on any atom is 0.0420 e. The van der Waals surface area contributed by atoms with E-state index in [1.165, 1.54) is 8.13 Å². The van der Waals surface area contributed by atoms with Gasteiger partial charge in [-0.2, -0.15) is 0 Å². The highest BCUT2D eigenvalue weighted by atomic mass is 29.6. The van der Waals surface area contributed by atoms with Gasteiger partial charge in [-0.05, 0) is 0 Å². The summed E-state index contributed by atoms with van der Waals surface area (Å²) in [4.78, 5) is 4.56. The summed E-state index contributed by atoms with van der Waals surface area (Å²) >= 11 is 0. The van der Waals surface area contributed by atoms with Gasteiger partial charge in [0.25, 0.3) is 0 Å². The molecule has 12 heteroatoms. The van der Waals surface area contributed by atoms with E-state index < -0.39 is 79.8 Å². The second-order valence-corrected chi connectivity index (χ2v) is 96.2. The Morgan fingerprint density at radius 1 is 0.304 bits per heavy atom. The molecule has 0 aliphatic heterocycles. The molecule has 0 unspecified atom stereocenters. The summed E-state index contributed by atoms with van der Waals surface area (Å²) in [5.41, 5.74) is 1.87. The summed E-state index contributed by atoms with van der Waals surface area (Å²) in [6, 6.07) is 0. The van der Waals surface area contributed by atoms with Crippen LogP contribution < -0.4 is 0 Å². The molecule has 0 bridgehead atoms. The average molecular weight is 837 g/mol. The molecule has 0 saturated heterocycles.